The fraction of sp³-hybridized carbons (Fsp3) is 0.0714. The maximum absolute atomic E-state index is 12.9. The smallest absolute Gasteiger partial charge is 0.234 e. The summed E-state index contributed by atoms with van der Waals surface area (Å²) in [6.45, 7) is 0. The minimum absolute atomic E-state index is 0.175. The second kappa shape index (κ2) is 6.59. The highest BCUT2D eigenvalue weighted by molar-refractivity contribution is 8.00. The molecule has 0 fully saturated rings. The van der Waals surface area contributed by atoms with Gasteiger partial charge in [-0.1, -0.05) is 17.7 Å². The Morgan fingerprint density at radius 2 is 1.95 bits per heavy atom. The largest absolute Gasteiger partial charge is 0.325 e. The van der Waals surface area contributed by atoms with Crippen LogP contribution in [0.25, 0.3) is 0 Å². The maximum atomic E-state index is 12.9. The Labute approximate surface area is 120 Å². The number of amides is 1. The molecule has 2 aromatic rings. The van der Waals surface area contributed by atoms with E-state index in [9.17, 15) is 9.18 Å². The molecule has 2 nitrogen and oxygen atoms in total. The molecule has 0 saturated carbocycles. The van der Waals surface area contributed by atoms with Crippen LogP contribution in [0.3, 0.4) is 0 Å². The van der Waals surface area contributed by atoms with Gasteiger partial charge in [0.2, 0.25) is 5.91 Å². The number of carbonyl (C=O) groups excluding carboxylic acids is 1. The molecule has 0 aliphatic carbocycles. The van der Waals surface area contributed by atoms with E-state index in [4.69, 9.17) is 11.6 Å². The molecule has 0 heterocycles. The van der Waals surface area contributed by atoms with Crippen LogP contribution in [0.4, 0.5) is 10.1 Å². The fourth-order valence-electron chi connectivity index (χ4n) is 1.44. The molecular weight excluding hydrogens is 285 g/mol. The molecule has 0 aliphatic heterocycles. The van der Waals surface area contributed by atoms with Crippen LogP contribution >= 0.6 is 23.4 Å². The molecule has 0 atom stereocenters. The van der Waals surface area contributed by atoms with Crippen LogP contribution in [0.2, 0.25) is 5.02 Å². The van der Waals surface area contributed by atoms with E-state index in [-0.39, 0.29) is 17.5 Å². The number of carbonyl (C=O) groups is 1. The minimum Gasteiger partial charge on any atom is -0.325 e. The first kappa shape index (κ1) is 13.9. The number of anilines is 1. The molecule has 98 valence electrons. The summed E-state index contributed by atoms with van der Waals surface area (Å²) < 4.78 is 12.9. The Kier molecular flexibility index (Phi) is 4.82. The van der Waals surface area contributed by atoms with Gasteiger partial charge in [0.05, 0.1) is 5.75 Å². The van der Waals surface area contributed by atoms with Gasteiger partial charge in [0.15, 0.2) is 0 Å². The van der Waals surface area contributed by atoms with E-state index < -0.39 is 0 Å². The summed E-state index contributed by atoms with van der Waals surface area (Å²) in [6, 6.07) is 13.1. The average Bonchev–Trinajstić information content (AvgIpc) is 2.38. The van der Waals surface area contributed by atoms with Gasteiger partial charge in [0, 0.05) is 15.6 Å². The highest BCUT2D eigenvalue weighted by Crippen LogP contribution is 2.20. The lowest BCUT2D eigenvalue weighted by atomic mass is 10.3. The zero-order valence-corrected chi connectivity index (χ0v) is 11.5. The summed E-state index contributed by atoms with van der Waals surface area (Å²) in [5, 5.41) is 3.30. The van der Waals surface area contributed by atoms with E-state index in [2.05, 4.69) is 5.32 Å². The summed E-state index contributed by atoms with van der Waals surface area (Å²) in [6.07, 6.45) is 0. The van der Waals surface area contributed by atoms with Crippen molar-refractivity contribution in [3.05, 3.63) is 59.4 Å². The molecular formula is C14H11ClFNOS. The number of benzene rings is 2. The zero-order valence-electron chi connectivity index (χ0n) is 9.90. The van der Waals surface area contributed by atoms with Crippen LogP contribution in [0, 0.1) is 5.82 Å². The molecule has 0 unspecified atom stereocenters. The molecule has 0 aromatic heterocycles. The van der Waals surface area contributed by atoms with Crippen LogP contribution < -0.4 is 5.32 Å². The quantitative estimate of drug-likeness (QED) is 0.856. The molecule has 19 heavy (non-hydrogen) atoms. The van der Waals surface area contributed by atoms with E-state index in [1.165, 1.54) is 23.9 Å². The molecule has 5 heteroatoms. The monoisotopic (exact) mass is 295 g/mol. The van der Waals surface area contributed by atoms with Gasteiger partial charge in [-0.2, -0.15) is 0 Å². The standard InChI is InChI=1S/C14H11ClFNOS/c15-10-4-6-13(7-5-10)19-9-14(18)17-12-3-1-2-11(16)8-12/h1-8H,9H2,(H,17,18). The number of thioether (sulfide) groups is 1. The Hall–Kier alpha value is -1.52. The summed E-state index contributed by atoms with van der Waals surface area (Å²) in [5.41, 5.74) is 0.460. The van der Waals surface area contributed by atoms with Crippen LogP contribution in [0.15, 0.2) is 53.4 Å². The third-order valence-electron chi connectivity index (χ3n) is 2.29. The van der Waals surface area contributed by atoms with E-state index in [1.54, 1.807) is 24.3 Å². The van der Waals surface area contributed by atoms with E-state index in [0.717, 1.165) is 4.90 Å². The van der Waals surface area contributed by atoms with Crippen molar-refractivity contribution < 1.29 is 9.18 Å². The van der Waals surface area contributed by atoms with Crippen molar-refractivity contribution >= 4 is 35.0 Å². The molecule has 1 N–H and O–H groups in total. The van der Waals surface area contributed by atoms with Crippen molar-refractivity contribution in [1.29, 1.82) is 0 Å². The molecule has 0 aliphatic rings. The molecule has 0 bridgehead atoms. The van der Waals surface area contributed by atoms with Crippen molar-refractivity contribution in [2.75, 3.05) is 11.1 Å². The van der Waals surface area contributed by atoms with Crippen LogP contribution in [-0.2, 0) is 4.79 Å². The van der Waals surface area contributed by atoms with E-state index in [1.807, 2.05) is 12.1 Å². The van der Waals surface area contributed by atoms with Gasteiger partial charge < -0.3 is 5.32 Å². The van der Waals surface area contributed by atoms with Crippen LogP contribution in [0.5, 0.6) is 0 Å². The van der Waals surface area contributed by atoms with Crippen LogP contribution in [0.1, 0.15) is 0 Å². The Morgan fingerprint density at radius 3 is 2.63 bits per heavy atom. The van der Waals surface area contributed by atoms with Crippen molar-refractivity contribution in [2.24, 2.45) is 0 Å². The minimum atomic E-state index is -0.372. The van der Waals surface area contributed by atoms with Gasteiger partial charge >= 0.3 is 0 Å². The highest BCUT2D eigenvalue weighted by atomic mass is 35.5. The summed E-state index contributed by atoms with van der Waals surface area (Å²) in [4.78, 5) is 12.6. The van der Waals surface area contributed by atoms with Gasteiger partial charge in [-0.05, 0) is 42.5 Å². The molecule has 2 aromatic carbocycles. The number of rotatable bonds is 4. The van der Waals surface area contributed by atoms with Gasteiger partial charge in [0.25, 0.3) is 0 Å². The number of hydrogen-bond donors (Lipinski definition) is 1. The average molecular weight is 296 g/mol. The highest BCUT2D eigenvalue weighted by Gasteiger charge is 2.04. The normalized spacial score (nSPS) is 10.2. The topological polar surface area (TPSA) is 29.1 Å². The number of hydrogen-bond acceptors (Lipinski definition) is 2. The van der Waals surface area contributed by atoms with Crippen LogP contribution in [-0.4, -0.2) is 11.7 Å². The lowest BCUT2D eigenvalue weighted by Gasteiger charge is -2.05. The molecule has 0 spiro atoms. The number of halogens is 2. The van der Waals surface area contributed by atoms with Crippen molar-refractivity contribution in [2.45, 2.75) is 4.90 Å². The predicted octanol–water partition coefficient (Wildman–Crippen LogP) is 4.21. The first-order valence-electron chi connectivity index (χ1n) is 5.57. The Bertz CT molecular complexity index is 574. The molecule has 0 radical (unpaired) electrons. The maximum Gasteiger partial charge on any atom is 0.234 e. The SMILES string of the molecule is O=C(CSc1ccc(Cl)cc1)Nc1cccc(F)c1. The second-order valence-electron chi connectivity index (χ2n) is 3.80. The Balaban J connectivity index is 1.86. The first-order valence-corrected chi connectivity index (χ1v) is 6.93. The fourth-order valence-corrected chi connectivity index (χ4v) is 2.27. The van der Waals surface area contributed by atoms with Gasteiger partial charge in [-0.3, -0.25) is 4.79 Å². The zero-order chi connectivity index (χ0) is 13.7. The molecule has 2 rings (SSSR count). The summed E-state index contributed by atoms with van der Waals surface area (Å²) in [5.74, 6) is -0.285. The van der Waals surface area contributed by atoms with Crippen molar-refractivity contribution in [3.63, 3.8) is 0 Å². The van der Waals surface area contributed by atoms with Gasteiger partial charge in [0.1, 0.15) is 5.82 Å². The molecule has 1 amide bonds. The lowest BCUT2D eigenvalue weighted by Crippen LogP contribution is -2.13. The Morgan fingerprint density at radius 1 is 1.21 bits per heavy atom. The van der Waals surface area contributed by atoms with Crippen molar-refractivity contribution in [1.82, 2.24) is 0 Å². The third-order valence-corrected chi connectivity index (χ3v) is 3.56. The number of nitrogens with one attached hydrogen (secondary N) is 1. The summed E-state index contributed by atoms with van der Waals surface area (Å²) >= 11 is 7.17. The second-order valence-corrected chi connectivity index (χ2v) is 5.29. The predicted molar refractivity (Wildman–Crippen MR) is 77.2 cm³/mol. The van der Waals surface area contributed by atoms with Gasteiger partial charge in [-0.25, -0.2) is 4.39 Å². The van der Waals surface area contributed by atoms with Gasteiger partial charge in [-0.15, -0.1) is 11.8 Å². The van der Waals surface area contributed by atoms with Crippen molar-refractivity contribution in [3.8, 4) is 0 Å². The lowest BCUT2D eigenvalue weighted by molar-refractivity contribution is -0.113. The van der Waals surface area contributed by atoms with E-state index in [0.29, 0.717) is 10.7 Å². The third kappa shape index (κ3) is 4.58. The summed E-state index contributed by atoms with van der Waals surface area (Å²) in [7, 11) is 0. The molecule has 0 saturated heterocycles. The van der Waals surface area contributed by atoms with E-state index >= 15 is 0 Å². The first-order chi connectivity index (χ1) is 9.13.